The van der Waals surface area contributed by atoms with Crippen molar-refractivity contribution in [2.45, 2.75) is 6.42 Å². The molecule has 0 aliphatic rings. The Kier molecular flexibility index (Phi) is 5.63. The van der Waals surface area contributed by atoms with Gasteiger partial charge in [-0.25, -0.2) is 10.1 Å². The maximum absolute atomic E-state index is 9.88. The van der Waals surface area contributed by atoms with Crippen molar-refractivity contribution >= 4 is 12.4 Å². The van der Waals surface area contributed by atoms with Crippen LogP contribution in [0.3, 0.4) is 0 Å². The van der Waals surface area contributed by atoms with Gasteiger partial charge in [-0.2, -0.15) is 0 Å². The van der Waals surface area contributed by atoms with Gasteiger partial charge in [-0.3, -0.25) is 0 Å². The fourth-order valence-electron chi connectivity index (χ4n) is 0.936. The number of hydrogen-bond acceptors (Lipinski definition) is 2. The highest BCUT2D eigenvalue weighted by Gasteiger charge is 1.94. The number of nitro groups is 1. The molecular weight excluding hydrogens is 192 g/mol. The molecule has 5 heteroatoms. The van der Waals surface area contributed by atoms with Crippen LogP contribution >= 0.6 is 12.4 Å². The predicted octanol–water partition coefficient (Wildman–Crippen LogP) is 1.43. The normalized spacial score (nSPS) is 8.62. The van der Waals surface area contributed by atoms with E-state index in [1.54, 1.807) is 0 Å². The molecule has 0 atom stereocenters. The van der Waals surface area contributed by atoms with Crippen molar-refractivity contribution in [1.82, 2.24) is 5.43 Å². The molecule has 0 heterocycles. The lowest BCUT2D eigenvalue weighted by molar-refractivity contribution is -0.543. The minimum absolute atomic E-state index is 0. The molecule has 0 aromatic heterocycles. The van der Waals surface area contributed by atoms with Gasteiger partial charge in [0.15, 0.2) is 5.03 Å². The Hall–Kier alpha value is -1.29. The van der Waals surface area contributed by atoms with Crippen LogP contribution in [0.5, 0.6) is 0 Å². The minimum atomic E-state index is -0.525. The summed E-state index contributed by atoms with van der Waals surface area (Å²) in [6.45, 7) is 0.372. The van der Waals surface area contributed by atoms with Crippen LogP contribution in [0.15, 0.2) is 30.3 Å². The van der Waals surface area contributed by atoms with Crippen molar-refractivity contribution in [3.8, 4) is 0 Å². The lowest BCUT2D eigenvalue weighted by Gasteiger charge is -1.97. The number of hydrogen-bond donors (Lipinski definition) is 1. The molecule has 13 heavy (non-hydrogen) atoms. The first-order chi connectivity index (χ1) is 5.79. The Morgan fingerprint density at radius 3 is 2.46 bits per heavy atom. The van der Waals surface area contributed by atoms with Crippen LogP contribution in [0.4, 0.5) is 0 Å². The van der Waals surface area contributed by atoms with Gasteiger partial charge >= 0.3 is 0 Å². The van der Waals surface area contributed by atoms with Crippen molar-refractivity contribution in [3.05, 3.63) is 46.0 Å². The molecule has 0 saturated heterocycles. The SMILES string of the molecule is Cl.O=[N+]([O-])NCCc1ccccc1. The maximum atomic E-state index is 9.88. The van der Waals surface area contributed by atoms with Gasteiger partial charge in [0.05, 0.1) is 6.54 Å². The van der Waals surface area contributed by atoms with Crippen LogP contribution in [0.25, 0.3) is 0 Å². The number of nitrogens with zero attached hydrogens (tertiary/aromatic N) is 1. The second-order valence-electron chi connectivity index (χ2n) is 2.40. The molecule has 0 saturated carbocycles. The van der Waals surface area contributed by atoms with E-state index < -0.39 is 5.03 Å². The zero-order valence-corrected chi connectivity index (χ0v) is 7.79. The predicted molar refractivity (Wildman–Crippen MR) is 52.4 cm³/mol. The topological polar surface area (TPSA) is 55.2 Å². The highest BCUT2D eigenvalue weighted by atomic mass is 35.5. The Balaban J connectivity index is 0.00000144. The number of nitrogens with one attached hydrogen (secondary N) is 1. The lowest BCUT2D eigenvalue weighted by Crippen LogP contribution is -2.23. The number of benzene rings is 1. The molecule has 0 radical (unpaired) electrons. The van der Waals surface area contributed by atoms with Crippen molar-refractivity contribution in [2.24, 2.45) is 0 Å². The van der Waals surface area contributed by atoms with E-state index >= 15 is 0 Å². The summed E-state index contributed by atoms with van der Waals surface area (Å²) in [5.41, 5.74) is 3.22. The van der Waals surface area contributed by atoms with Crippen LogP contribution in [-0.2, 0) is 6.42 Å². The molecule has 1 N–H and O–H groups in total. The Morgan fingerprint density at radius 2 is 1.92 bits per heavy atom. The summed E-state index contributed by atoms with van der Waals surface area (Å²) < 4.78 is 0. The maximum Gasteiger partial charge on any atom is 0.157 e. The molecule has 0 unspecified atom stereocenters. The van der Waals surface area contributed by atoms with Gasteiger partial charge in [0.1, 0.15) is 0 Å². The van der Waals surface area contributed by atoms with E-state index in [2.05, 4.69) is 5.43 Å². The van der Waals surface area contributed by atoms with Gasteiger partial charge in [0, 0.05) is 0 Å². The van der Waals surface area contributed by atoms with Gasteiger partial charge in [-0.05, 0) is 12.0 Å². The van der Waals surface area contributed by atoms with Crippen LogP contribution in [0, 0.1) is 10.1 Å². The number of hydrazine groups is 1. The van der Waals surface area contributed by atoms with Gasteiger partial charge in [0.2, 0.25) is 0 Å². The van der Waals surface area contributed by atoms with Gasteiger partial charge < -0.3 is 0 Å². The van der Waals surface area contributed by atoms with Crippen molar-refractivity contribution < 1.29 is 5.03 Å². The zero-order chi connectivity index (χ0) is 8.81. The minimum Gasteiger partial charge on any atom is -0.235 e. The van der Waals surface area contributed by atoms with E-state index in [0.29, 0.717) is 13.0 Å². The molecule has 0 fully saturated rings. The van der Waals surface area contributed by atoms with E-state index in [1.165, 1.54) is 0 Å². The molecule has 0 bridgehead atoms. The van der Waals surface area contributed by atoms with Gasteiger partial charge in [-0.1, -0.05) is 30.3 Å². The van der Waals surface area contributed by atoms with E-state index in [9.17, 15) is 10.1 Å². The first kappa shape index (κ1) is 11.7. The molecule has 72 valence electrons. The summed E-state index contributed by atoms with van der Waals surface area (Å²) in [4.78, 5) is 9.88. The Labute approximate surface area is 82.5 Å². The summed E-state index contributed by atoms with van der Waals surface area (Å²) in [6.07, 6.45) is 0.682. The molecule has 0 spiro atoms. The molecular formula is C8H11ClN2O2. The first-order valence-corrected chi connectivity index (χ1v) is 3.71. The monoisotopic (exact) mass is 202 g/mol. The van der Waals surface area contributed by atoms with E-state index in [-0.39, 0.29) is 12.4 Å². The number of halogens is 1. The standard InChI is InChI=1S/C8H10N2O2.ClH/c11-10(12)9-7-6-8-4-2-1-3-5-8;/h1-5,9H,6-7H2;1H. The van der Waals surface area contributed by atoms with Crippen molar-refractivity contribution in [2.75, 3.05) is 6.54 Å². The fraction of sp³-hybridized carbons (Fsp3) is 0.250. The number of rotatable bonds is 4. The van der Waals surface area contributed by atoms with Gasteiger partial charge in [-0.15, -0.1) is 17.8 Å². The molecule has 1 aromatic rings. The lowest BCUT2D eigenvalue weighted by atomic mass is 10.2. The summed E-state index contributed by atoms with van der Waals surface area (Å²) in [5.74, 6) is 0. The quantitative estimate of drug-likeness (QED) is 0.594. The smallest absolute Gasteiger partial charge is 0.157 e. The summed E-state index contributed by atoms with van der Waals surface area (Å²) in [6, 6.07) is 9.65. The summed E-state index contributed by atoms with van der Waals surface area (Å²) in [7, 11) is 0. The molecule has 4 nitrogen and oxygen atoms in total. The van der Waals surface area contributed by atoms with Crippen molar-refractivity contribution in [3.63, 3.8) is 0 Å². The average Bonchev–Trinajstić information content (AvgIpc) is 2.05. The summed E-state index contributed by atoms with van der Waals surface area (Å²) >= 11 is 0. The van der Waals surface area contributed by atoms with Gasteiger partial charge in [0.25, 0.3) is 0 Å². The summed E-state index contributed by atoms with van der Waals surface area (Å²) in [5, 5.41) is 9.36. The third-order valence-corrected chi connectivity index (χ3v) is 1.50. The third-order valence-electron chi connectivity index (χ3n) is 1.50. The third kappa shape index (κ3) is 5.03. The average molecular weight is 203 g/mol. The van der Waals surface area contributed by atoms with E-state index in [0.717, 1.165) is 5.56 Å². The molecule has 1 rings (SSSR count). The van der Waals surface area contributed by atoms with Crippen LogP contribution < -0.4 is 5.43 Å². The van der Waals surface area contributed by atoms with E-state index in [1.807, 2.05) is 30.3 Å². The second-order valence-corrected chi connectivity index (χ2v) is 2.40. The molecule has 1 aromatic carbocycles. The Morgan fingerprint density at radius 1 is 1.31 bits per heavy atom. The molecule has 0 amide bonds. The van der Waals surface area contributed by atoms with E-state index in [4.69, 9.17) is 0 Å². The highest BCUT2D eigenvalue weighted by molar-refractivity contribution is 5.85. The molecule has 0 aliphatic heterocycles. The Bertz CT molecular complexity index is 254. The first-order valence-electron chi connectivity index (χ1n) is 3.71. The highest BCUT2D eigenvalue weighted by Crippen LogP contribution is 1.97. The molecule has 0 aliphatic carbocycles. The second kappa shape index (κ2) is 6.25. The largest absolute Gasteiger partial charge is 0.235 e. The van der Waals surface area contributed by atoms with Crippen molar-refractivity contribution in [1.29, 1.82) is 0 Å². The zero-order valence-electron chi connectivity index (χ0n) is 6.97. The fourth-order valence-corrected chi connectivity index (χ4v) is 0.936. The van der Waals surface area contributed by atoms with Crippen LogP contribution in [-0.4, -0.2) is 11.6 Å². The van der Waals surface area contributed by atoms with Crippen LogP contribution in [0.2, 0.25) is 0 Å². The van der Waals surface area contributed by atoms with Crippen LogP contribution in [0.1, 0.15) is 5.56 Å².